The molecule has 0 aliphatic heterocycles. The van der Waals surface area contributed by atoms with Crippen LogP contribution in [0.15, 0.2) is 65.1 Å². The van der Waals surface area contributed by atoms with Gasteiger partial charge in [-0.05, 0) is 48.5 Å². The summed E-state index contributed by atoms with van der Waals surface area (Å²) < 4.78 is 19.3. The summed E-state index contributed by atoms with van der Waals surface area (Å²) >= 11 is 0. The van der Waals surface area contributed by atoms with E-state index in [1.165, 1.54) is 6.07 Å². The zero-order valence-corrected chi connectivity index (χ0v) is 11.2. The first-order valence-corrected chi connectivity index (χ1v) is 6.59. The molecule has 2 N–H and O–H groups in total. The molecule has 0 unspecified atom stereocenters. The molecule has 3 aromatic rings. The van der Waals surface area contributed by atoms with E-state index in [0.29, 0.717) is 23.6 Å². The molecule has 0 atom stereocenters. The van der Waals surface area contributed by atoms with E-state index in [-0.39, 0.29) is 11.6 Å². The minimum absolute atomic E-state index is 0.223. The lowest BCUT2D eigenvalue weighted by molar-refractivity contribution is 0.475. The monoisotopic (exact) mass is 283 g/mol. The molecule has 21 heavy (non-hydrogen) atoms. The van der Waals surface area contributed by atoms with Crippen molar-refractivity contribution in [3.05, 3.63) is 72.2 Å². The van der Waals surface area contributed by atoms with Gasteiger partial charge < -0.3 is 14.8 Å². The van der Waals surface area contributed by atoms with Crippen LogP contribution in [0.5, 0.6) is 5.75 Å². The van der Waals surface area contributed by atoms with Gasteiger partial charge in [0.25, 0.3) is 0 Å². The molecule has 0 fully saturated rings. The number of nitrogens with one attached hydrogen (secondary N) is 1. The molecular weight excluding hydrogens is 269 g/mol. The van der Waals surface area contributed by atoms with E-state index >= 15 is 0 Å². The summed E-state index contributed by atoms with van der Waals surface area (Å²) in [5, 5.41) is 12.4. The summed E-state index contributed by atoms with van der Waals surface area (Å²) in [6.45, 7) is 0.485. The molecule has 0 aliphatic carbocycles. The molecule has 1 heterocycles. The van der Waals surface area contributed by atoms with Gasteiger partial charge in [0.1, 0.15) is 23.1 Å². The summed E-state index contributed by atoms with van der Waals surface area (Å²) in [7, 11) is 0. The van der Waals surface area contributed by atoms with Crippen LogP contribution in [0.2, 0.25) is 0 Å². The van der Waals surface area contributed by atoms with Crippen LogP contribution >= 0.6 is 0 Å². The number of hydrogen-bond donors (Lipinski definition) is 2. The Kier molecular flexibility index (Phi) is 3.60. The first kappa shape index (κ1) is 13.2. The Hall–Kier alpha value is -2.75. The third-order valence-corrected chi connectivity index (χ3v) is 3.14. The smallest absolute Gasteiger partial charge is 0.137 e. The molecular formula is C17H14FNO2. The Bertz CT molecular complexity index is 735. The second-order valence-electron chi connectivity index (χ2n) is 4.65. The average molecular weight is 283 g/mol. The van der Waals surface area contributed by atoms with Crippen molar-refractivity contribution >= 4 is 5.69 Å². The Balaban J connectivity index is 1.71. The first-order chi connectivity index (χ1) is 10.2. The van der Waals surface area contributed by atoms with Gasteiger partial charge in [-0.2, -0.15) is 0 Å². The molecule has 0 aliphatic rings. The maximum absolute atomic E-state index is 13.7. The van der Waals surface area contributed by atoms with E-state index in [4.69, 9.17) is 4.42 Å². The standard InChI is InChI=1S/C17H14FNO2/c18-16-4-2-1-3-15(16)17-10-9-14(21-17)11-19-12-5-7-13(20)8-6-12/h1-10,19-20H,11H2. The minimum Gasteiger partial charge on any atom is -0.508 e. The molecule has 0 saturated heterocycles. The van der Waals surface area contributed by atoms with Crippen LogP contribution in [0.1, 0.15) is 5.76 Å². The van der Waals surface area contributed by atoms with Crippen molar-refractivity contribution in [1.29, 1.82) is 0 Å². The number of phenolic OH excluding ortho intramolecular Hbond substituents is 1. The topological polar surface area (TPSA) is 45.4 Å². The number of rotatable bonds is 4. The minimum atomic E-state index is -0.301. The van der Waals surface area contributed by atoms with E-state index in [0.717, 1.165) is 5.69 Å². The van der Waals surface area contributed by atoms with Crippen molar-refractivity contribution in [1.82, 2.24) is 0 Å². The van der Waals surface area contributed by atoms with Crippen molar-refractivity contribution in [3.63, 3.8) is 0 Å². The summed E-state index contributed by atoms with van der Waals surface area (Å²) in [5.74, 6) is 1.14. The molecule has 3 nitrogen and oxygen atoms in total. The fourth-order valence-corrected chi connectivity index (χ4v) is 2.05. The van der Waals surface area contributed by atoms with Crippen molar-refractivity contribution in [2.24, 2.45) is 0 Å². The fourth-order valence-electron chi connectivity index (χ4n) is 2.05. The number of benzene rings is 2. The van der Waals surface area contributed by atoms with Crippen molar-refractivity contribution < 1.29 is 13.9 Å². The predicted octanol–water partition coefficient (Wildman–Crippen LogP) is 4.40. The number of furan rings is 1. The summed E-state index contributed by atoms with van der Waals surface area (Å²) in [5.41, 5.74) is 1.32. The molecule has 0 bridgehead atoms. The molecule has 4 heteroatoms. The molecule has 3 rings (SSSR count). The Morgan fingerprint density at radius 3 is 2.48 bits per heavy atom. The summed E-state index contributed by atoms with van der Waals surface area (Å²) in [6, 6.07) is 16.8. The normalized spacial score (nSPS) is 10.5. The van der Waals surface area contributed by atoms with Gasteiger partial charge in [0.05, 0.1) is 12.1 Å². The molecule has 106 valence electrons. The van der Waals surface area contributed by atoms with E-state index in [9.17, 15) is 9.50 Å². The number of aromatic hydroxyl groups is 1. The second kappa shape index (κ2) is 5.71. The summed E-state index contributed by atoms with van der Waals surface area (Å²) in [4.78, 5) is 0. The van der Waals surface area contributed by atoms with Crippen LogP contribution in [-0.4, -0.2) is 5.11 Å². The van der Waals surface area contributed by atoms with E-state index < -0.39 is 0 Å². The molecule has 0 radical (unpaired) electrons. The highest BCUT2D eigenvalue weighted by Gasteiger charge is 2.08. The number of phenols is 1. The fraction of sp³-hybridized carbons (Fsp3) is 0.0588. The van der Waals surface area contributed by atoms with E-state index in [1.807, 2.05) is 6.07 Å². The zero-order chi connectivity index (χ0) is 14.7. The van der Waals surface area contributed by atoms with Crippen LogP contribution in [0.25, 0.3) is 11.3 Å². The van der Waals surface area contributed by atoms with Crippen molar-refractivity contribution in [3.8, 4) is 17.1 Å². The van der Waals surface area contributed by atoms with Gasteiger partial charge in [0.2, 0.25) is 0 Å². The first-order valence-electron chi connectivity index (χ1n) is 6.59. The lowest BCUT2D eigenvalue weighted by Crippen LogP contribution is -1.97. The van der Waals surface area contributed by atoms with Gasteiger partial charge in [-0.1, -0.05) is 12.1 Å². The molecule has 2 aromatic carbocycles. The van der Waals surface area contributed by atoms with Gasteiger partial charge in [-0.3, -0.25) is 0 Å². The molecule has 0 spiro atoms. The number of halogens is 1. The molecule has 0 amide bonds. The van der Waals surface area contributed by atoms with Gasteiger partial charge in [-0.25, -0.2) is 4.39 Å². The Labute approximate surface area is 121 Å². The second-order valence-corrected chi connectivity index (χ2v) is 4.65. The Morgan fingerprint density at radius 2 is 1.71 bits per heavy atom. The third-order valence-electron chi connectivity index (χ3n) is 3.14. The highest BCUT2D eigenvalue weighted by atomic mass is 19.1. The van der Waals surface area contributed by atoms with E-state index in [2.05, 4.69) is 5.32 Å². The number of anilines is 1. The van der Waals surface area contributed by atoms with Crippen LogP contribution in [0.3, 0.4) is 0 Å². The average Bonchev–Trinajstić information content (AvgIpc) is 2.96. The summed E-state index contributed by atoms with van der Waals surface area (Å²) in [6.07, 6.45) is 0. The SMILES string of the molecule is Oc1ccc(NCc2ccc(-c3ccccc3F)o2)cc1. The van der Waals surface area contributed by atoms with Gasteiger partial charge in [0, 0.05) is 5.69 Å². The van der Waals surface area contributed by atoms with Gasteiger partial charge in [0.15, 0.2) is 0 Å². The third kappa shape index (κ3) is 3.05. The molecule has 1 aromatic heterocycles. The van der Waals surface area contributed by atoms with Crippen molar-refractivity contribution in [2.45, 2.75) is 6.54 Å². The highest BCUT2D eigenvalue weighted by Crippen LogP contribution is 2.25. The van der Waals surface area contributed by atoms with Gasteiger partial charge in [-0.15, -0.1) is 0 Å². The predicted molar refractivity (Wildman–Crippen MR) is 79.5 cm³/mol. The lowest BCUT2D eigenvalue weighted by atomic mass is 10.1. The van der Waals surface area contributed by atoms with Crippen LogP contribution in [-0.2, 0) is 6.54 Å². The Morgan fingerprint density at radius 1 is 0.952 bits per heavy atom. The van der Waals surface area contributed by atoms with Crippen LogP contribution in [0.4, 0.5) is 10.1 Å². The largest absolute Gasteiger partial charge is 0.508 e. The maximum atomic E-state index is 13.7. The van der Waals surface area contributed by atoms with Crippen LogP contribution < -0.4 is 5.32 Å². The maximum Gasteiger partial charge on any atom is 0.137 e. The van der Waals surface area contributed by atoms with Gasteiger partial charge >= 0.3 is 0 Å². The zero-order valence-electron chi connectivity index (χ0n) is 11.2. The molecule has 0 saturated carbocycles. The van der Waals surface area contributed by atoms with E-state index in [1.54, 1.807) is 48.5 Å². The van der Waals surface area contributed by atoms with Crippen LogP contribution in [0, 0.1) is 5.82 Å². The van der Waals surface area contributed by atoms with Crippen molar-refractivity contribution in [2.75, 3.05) is 5.32 Å². The highest BCUT2D eigenvalue weighted by molar-refractivity contribution is 5.58. The lowest BCUT2D eigenvalue weighted by Gasteiger charge is -2.04. The number of hydrogen-bond acceptors (Lipinski definition) is 3. The quantitative estimate of drug-likeness (QED) is 0.697.